The van der Waals surface area contributed by atoms with Crippen molar-refractivity contribution in [1.82, 2.24) is 9.97 Å². The van der Waals surface area contributed by atoms with Crippen molar-refractivity contribution in [2.45, 2.75) is 44.9 Å². The van der Waals surface area contributed by atoms with E-state index < -0.39 is 0 Å². The molecule has 0 N–H and O–H groups in total. The first-order valence-electron chi connectivity index (χ1n) is 5.38. The number of aryl methyl sites for hydroxylation is 1. The summed E-state index contributed by atoms with van der Waals surface area (Å²) in [5, 5.41) is 0.615. The molecule has 0 saturated heterocycles. The first-order chi connectivity index (χ1) is 7.18. The number of nitrogens with zero attached hydrogens (tertiary/aromatic N) is 2. The summed E-state index contributed by atoms with van der Waals surface area (Å²) in [7, 11) is 0. The Morgan fingerprint density at radius 3 is 2.47 bits per heavy atom. The molecular weight excluding hydrogens is 322 g/mol. The number of rotatable bonds is 1. The molecule has 0 atom stereocenters. The smallest absolute Gasteiger partial charge is 0.146 e. The van der Waals surface area contributed by atoms with Crippen LogP contribution in [0, 0.1) is 10.5 Å². The summed E-state index contributed by atoms with van der Waals surface area (Å²) < 4.78 is 0.980. The maximum Gasteiger partial charge on any atom is 0.146 e. The summed E-state index contributed by atoms with van der Waals surface area (Å²) in [6.45, 7) is 2.00. The van der Waals surface area contributed by atoms with Crippen LogP contribution < -0.4 is 0 Å². The molecule has 4 heteroatoms. The summed E-state index contributed by atoms with van der Waals surface area (Å²) in [6, 6.07) is 0. The number of hydrogen-bond acceptors (Lipinski definition) is 2. The topological polar surface area (TPSA) is 25.8 Å². The van der Waals surface area contributed by atoms with Crippen molar-refractivity contribution in [2.24, 2.45) is 0 Å². The van der Waals surface area contributed by atoms with E-state index in [0.717, 1.165) is 15.1 Å². The SMILES string of the molecule is Cc1nc(C2CCCCC2)nc(Cl)c1I. The van der Waals surface area contributed by atoms with Crippen LogP contribution in [0.1, 0.15) is 49.5 Å². The lowest BCUT2D eigenvalue weighted by molar-refractivity contribution is 0.428. The van der Waals surface area contributed by atoms with Gasteiger partial charge in [-0.2, -0.15) is 0 Å². The molecule has 0 amide bonds. The second-order valence-corrected chi connectivity index (χ2v) is 5.54. The molecule has 1 saturated carbocycles. The predicted octanol–water partition coefficient (Wildman–Crippen LogP) is 4.09. The summed E-state index contributed by atoms with van der Waals surface area (Å²) >= 11 is 8.28. The van der Waals surface area contributed by atoms with Crippen molar-refractivity contribution in [3.63, 3.8) is 0 Å². The molecule has 0 radical (unpaired) electrons. The van der Waals surface area contributed by atoms with Crippen LogP contribution >= 0.6 is 34.2 Å². The van der Waals surface area contributed by atoms with Crippen LogP contribution in [0.15, 0.2) is 0 Å². The van der Waals surface area contributed by atoms with Crippen molar-refractivity contribution in [3.05, 3.63) is 20.2 Å². The quantitative estimate of drug-likeness (QED) is 0.570. The molecule has 0 spiro atoms. The maximum atomic E-state index is 6.08. The largest absolute Gasteiger partial charge is 0.237 e. The fourth-order valence-corrected chi connectivity index (χ4v) is 2.55. The molecule has 0 aromatic carbocycles. The van der Waals surface area contributed by atoms with Crippen molar-refractivity contribution >= 4 is 34.2 Å². The number of halogens is 2. The lowest BCUT2D eigenvalue weighted by Gasteiger charge is -2.20. The van der Waals surface area contributed by atoms with Crippen LogP contribution in [0.4, 0.5) is 0 Å². The van der Waals surface area contributed by atoms with Gasteiger partial charge in [-0.25, -0.2) is 9.97 Å². The molecule has 82 valence electrons. The zero-order valence-corrected chi connectivity index (χ0v) is 11.7. The Kier molecular flexibility index (Phi) is 3.83. The van der Waals surface area contributed by atoms with Gasteiger partial charge in [-0.15, -0.1) is 0 Å². The van der Waals surface area contributed by atoms with Gasteiger partial charge in [-0.1, -0.05) is 30.9 Å². The zero-order valence-electron chi connectivity index (χ0n) is 8.76. The van der Waals surface area contributed by atoms with E-state index in [1.165, 1.54) is 32.1 Å². The van der Waals surface area contributed by atoms with E-state index in [0.29, 0.717) is 11.1 Å². The average Bonchev–Trinajstić information content (AvgIpc) is 2.26. The zero-order chi connectivity index (χ0) is 10.8. The van der Waals surface area contributed by atoms with E-state index in [9.17, 15) is 0 Å². The third-order valence-electron chi connectivity index (χ3n) is 2.96. The van der Waals surface area contributed by atoms with Crippen molar-refractivity contribution < 1.29 is 0 Å². The third-order valence-corrected chi connectivity index (χ3v) is 4.85. The second-order valence-electron chi connectivity index (χ2n) is 4.11. The molecule has 0 aliphatic heterocycles. The van der Waals surface area contributed by atoms with Crippen LogP contribution in [0.5, 0.6) is 0 Å². The standard InChI is InChI=1S/C11H14ClIN2/c1-7-9(13)10(12)15-11(14-7)8-5-3-2-4-6-8/h8H,2-6H2,1H3. The van der Waals surface area contributed by atoms with Gasteiger partial charge in [0.1, 0.15) is 11.0 Å². The molecule has 1 aliphatic carbocycles. The van der Waals surface area contributed by atoms with Gasteiger partial charge in [0.2, 0.25) is 0 Å². The van der Waals surface area contributed by atoms with Crippen LogP contribution in [0.3, 0.4) is 0 Å². The molecular formula is C11H14ClIN2. The minimum absolute atomic E-state index is 0.534. The molecule has 1 aromatic heterocycles. The van der Waals surface area contributed by atoms with Gasteiger partial charge >= 0.3 is 0 Å². The molecule has 1 aliphatic rings. The highest BCUT2D eigenvalue weighted by Crippen LogP contribution is 2.32. The first kappa shape index (κ1) is 11.6. The number of hydrogen-bond donors (Lipinski definition) is 0. The van der Waals surface area contributed by atoms with Gasteiger partial charge < -0.3 is 0 Å². The van der Waals surface area contributed by atoms with E-state index in [1.807, 2.05) is 6.92 Å². The average molecular weight is 337 g/mol. The molecule has 1 aromatic rings. The fourth-order valence-electron chi connectivity index (χ4n) is 2.09. The van der Waals surface area contributed by atoms with Crippen molar-refractivity contribution in [2.75, 3.05) is 0 Å². The highest BCUT2D eigenvalue weighted by atomic mass is 127. The van der Waals surface area contributed by atoms with Crippen LogP contribution in [0.2, 0.25) is 5.15 Å². The molecule has 1 heterocycles. The Morgan fingerprint density at radius 2 is 1.87 bits per heavy atom. The van der Waals surface area contributed by atoms with Gasteiger partial charge in [0.25, 0.3) is 0 Å². The molecule has 15 heavy (non-hydrogen) atoms. The maximum absolute atomic E-state index is 6.08. The minimum Gasteiger partial charge on any atom is -0.237 e. The summed E-state index contributed by atoms with van der Waals surface area (Å²) in [5.41, 5.74) is 1.01. The van der Waals surface area contributed by atoms with E-state index in [2.05, 4.69) is 32.6 Å². The van der Waals surface area contributed by atoms with Gasteiger partial charge in [0.05, 0.1) is 9.26 Å². The van der Waals surface area contributed by atoms with Gasteiger partial charge in [0.15, 0.2) is 0 Å². The Bertz CT molecular complexity index is 339. The predicted molar refractivity (Wildman–Crippen MR) is 70.3 cm³/mol. The van der Waals surface area contributed by atoms with Gasteiger partial charge in [-0.3, -0.25) is 0 Å². The number of aromatic nitrogens is 2. The van der Waals surface area contributed by atoms with Crippen LogP contribution in [-0.2, 0) is 0 Å². The van der Waals surface area contributed by atoms with Crippen molar-refractivity contribution in [1.29, 1.82) is 0 Å². The highest BCUT2D eigenvalue weighted by Gasteiger charge is 2.19. The normalized spacial score (nSPS) is 18.1. The van der Waals surface area contributed by atoms with Gasteiger partial charge in [0, 0.05) is 5.92 Å². The second kappa shape index (κ2) is 4.95. The molecule has 2 rings (SSSR count). The molecule has 2 nitrogen and oxygen atoms in total. The molecule has 1 fully saturated rings. The summed E-state index contributed by atoms with van der Waals surface area (Å²) in [5.74, 6) is 1.49. The molecule has 0 unspecified atom stereocenters. The van der Waals surface area contributed by atoms with Crippen LogP contribution in [-0.4, -0.2) is 9.97 Å². The Labute approximate surface area is 109 Å². The van der Waals surface area contributed by atoms with E-state index in [1.54, 1.807) is 0 Å². The first-order valence-corrected chi connectivity index (χ1v) is 6.83. The Morgan fingerprint density at radius 1 is 1.20 bits per heavy atom. The summed E-state index contributed by atoms with van der Waals surface area (Å²) in [6.07, 6.45) is 6.40. The lowest BCUT2D eigenvalue weighted by atomic mass is 9.89. The highest BCUT2D eigenvalue weighted by molar-refractivity contribution is 14.1. The Balaban J connectivity index is 2.27. The minimum atomic E-state index is 0.534. The van der Waals surface area contributed by atoms with E-state index in [-0.39, 0.29) is 0 Å². The third kappa shape index (κ3) is 2.61. The van der Waals surface area contributed by atoms with Gasteiger partial charge in [-0.05, 0) is 42.4 Å². The molecule has 0 bridgehead atoms. The fraction of sp³-hybridized carbons (Fsp3) is 0.636. The van der Waals surface area contributed by atoms with E-state index >= 15 is 0 Å². The van der Waals surface area contributed by atoms with E-state index in [4.69, 9.17) is 11.6 Å². The van der Waals surface area contributed by atoms with Crippen LogP contribution in [0.25, 0.3) is 0 Å². The van der Waals surface area contributed by atoms with Crippen molar-refractivity contribution in [3.8, 4) is 0 Å². The Hall–Kier alpha value is 0.100. The monoisotopic (exact) mass is 336 g/mol. The lowest BCUT2D eigenvalue weighted by Crippen LogP contribution is -2.10. The summed E-state index contributed by atoms with van der Waals surface area (Å²) in [4.78, 5) is 8.96.